The molecule has 1 aliphatic heterocycles. The van der Waals surface area contributed by atoms with E-state index >= 15 is 0 Å². The molecule has 0 bridgehead atoms. The third-order valence-corrected chi connectivity index (χ3v) is 3.57. The minimum atomic E-state index is -0.525. The highest BCUT2D eigenvalue weighted by atomic mass is 16.6. The van der Waals surface area contributed by atoms with Crippen molar-refractivity contribution in [1.82, 2.24) is 10.2 Å². The van der Waals surface area contributed by atoms with E-state index in [0.717, 1.165) is 0 Å². The van der Waals surface area contributed by atoms with E-state index in [-0.39, 0.29) is 24.1 Å². The molecule has 3 atom stereocenters. The SMILES string of the molecule is COC(=O)[C@H](C)NC(C)CC1COCCN1C(=O)OC(C)(C)C. The van der Waals surface area contributed by atoms with Crippen molar-refractivity contribution in [3.05, 3.63) is 0 Å². The van der Waals surface area contributed by atoms with E-state index in [1.54, 1.807) is 11.8 Å². The molecule has 1 N–H and O–H groups in total. The second kappa shape index (κ2) is 8.49. The zero-order chi connectivity index (χ0) is 17.6. The fourth-order valence-electron chi connectivity index (χ4n) is 2.56. The fraction of sp³-hybridized carbons (Fsp3) is 0.875. The van der Waals surface area contributed by atoms with Gasteiger partial charge in [0.15, 0.2) is 0 Å². The number of hydrogen-bond acceptors (Lipinski definition) is 6. The van der Waals surface area contributed by atoms with E-state index in [2.05, 4.69) is 5.32 Å². The number of amides is 1. The van der Waals surface area contributed by atoms with E-state index in [0.29, 0.717) is 26.2 Å². The molecule has 0 saturated carbocycles. The van der Waals surface area contributed by atoms with E-state index in [4.69, 9.17) is 14.2 Å². The Morgan fingerprint density at radius 3 is 2.57 bits per heavy atom. The molecule has 1 heterocycles. The molecule has 7 heteroatoms. The molecule has 0 radical (unpaired) electrons. The van der Waals surface area contributed by atoms with E-state index in [1.165, 1.54) is 7.11 Å². The van der Waals surface area contributed by atoms with Crippen molar-refractivity contribution in [2.24, 2.45) is 0 Å². The predicted octanol–water partition coefficient (Wildman–Crippen LogP) is 1.55. The molecular formula is C16H30N2O5. The summed E-state index contributed by atoms with van der Waals surface area (Å²) in [7, 11) is 1.37. The molecule has 0 aromatic carbocycles. The van der Waals surface area contributed by atoms with Gasteiger partial charge in [0.1, 0.15) is 11.6 Å². The number of hydrogen-bond donors (Lipinski definition) is 1. The first-order valence-electron chi connectivity index (χ1n) is 8.05. The summed E-state index contributed by atoms with van der Waals surface area (Å²) < 4.78 is 15.7. The lowest BCUT2D eigenvalue weighted by atomic mass is 10.1. The number of methoxy groups -OCH3 is 1. The second-order valence-corrected chi connectivity index (χ2v) is 6.95. The Balaban J connectivity index is 2.60. The van der Waals surface area contributed by atoms with Crippen LogP contribution < -0.4 is 5.32 Å². The van der Waals surface area contributed by atoms with Gasteiger partial charge < -0.3 is 24.4 Å². The van der Waals surface area contributed by atoms with Crippen molar-refractivity contribution in [2.45, 2.75) is 64.8 Å². The Morgan fingerprint density at radius 2 is 2.00 bits per heavy atom. The molecule has 1 amide bonds. The quantitative estimate of drug-likeness (QED) is 0.771. The standard InChI is InChI=1S/C16H30N2O5/c1-11(17-12(2)14(19)21-6)9-13-10-22-8-7-18(13)15(20)23-16(3,4)5/h11-13,17H,7-10H2,1-6H3/t11?,12-,13?/m0/s1. The van der Waals surface area contributed by atoms with Crippen LogP contribution in [0, 0.1) is 0 Å². The van der Waals surface area contributed by atoms with Gasteiger partial charge in [-0.3, -0.25) is 4.79 Å². The lowest BCUT2D eigenvalue weighted by Crippen LogP contribution is -2.53. The summed E-state index contributed by atoms with van der Waals surface area (Å²) in [6, 6.07) is -0.443. The van der Waals surface area contributed by atoms with Gasteiger partial charge in [-0.25, -0.2) is 4.79 Å². The van der Waals surface area contributed by atoms with Crippen LogP contribution >= 0.6 is 0 Å². The van der Waals surface area contributed by atoms with Gasteiger partial charge in [-0.1, -0.05) is 0 Å². The van der Waals surface area contributed by atoms with Crippen LogP contribution in [0.15, 0.2) is 0 Å². The Bertz CT molecular complexity index is 408. The number of ether oxygens (including phenoxy) is 3. The lowest BCUT2D eigenvalue weighted by molar-refractivity contribution is -0.142. The molecular weight excluding hydrogens is 300 g/mol. The van der Waals surface area contributed by atoms with Crippen LogP contribution in [-0.2, 0) is 19.0 Å². The van der Waals surface area contributed by atoms with Gasteiger partial charge in [0.05, 0.1) is 26.4 Å². The first-order chi connectivity index (χ1) is 10.6. The number of carbonyl (C=O) groups is 2. The van der Waals surface area contributed by atoms with Crippen molar-refractivity contribution in [3.63, 3.8) is 0 Å². The first kappa shape index (κ1) is 19.7. The summed E-state index contributed by atoms with van der Waals surface area (Å²) in [5.41, 5.74) is -0.525. The zero-order valence-electron chi connectivity index (χ0n) is 15.0. The van der Waals surface area contributed by atoms with Gasteiger partial charge in [-0.2, -0.15) is 0 Å². The van der Waals surface area contributed by atoms with Crippen LogP contribution in [0.5, 0.6) is 0 Å². The number of morpholine rings is 1. The maximum atomic E-state index is 12.3. The number of rotatable bonds is 5. The summed E-state index contributed by atoms with van der Waals surface area (Å²) in [5.74, 6) is -0.305. The smallest absolute Gasteiger partial charge is 0.410 e. The summed E-state index contributed by atoms with van der Waals surface area (Å²) in [6.07, 6.45) is 0.347. The van der Waals surface area contributed by atoms with Gasteiger partial charge in [0.25, 0.3) is 0 Å². The normalized spacial score (nSPS) is 21.5. The van der Waals surface area contributed by atoms with Crippen molar-refractivity contribution in [2.75, 3.05) is 26.9 Å². The Morgan fingerprint density at radius 1 is 1.35 bits per heavy atom. The minimum absolute atomic E-state index is 0.0285. The first-order valence-corrected chi connectivity index (χ1v) is 8.05. The Kier molecular flexibility index (Phi) is 7.28. The molecule has 1 aliphatic rings. The third kappa shape index (κ3) is 6.74. The maximum Gasteiger partial charge on any atom is 0.410 e. The number of esters is 1. The number of nitrogens with one attached hydrogen (secondary N) is 1. The fourth-order valence-corrected chi connectivity index (χ4v) is 2.56. The average molecular weight is 330 g/mol. The van der Waals surface area contributed by atoms with E-state index < -0.39 is 11.6 Å². The molecule has 1 fully saturated rings. The van der Waals surface area contributed by atoms with Crippen LogP contribution in [0.1, 0.15) is 41.0 Å². The molecule has 1 rings (SSSR count). The van der Waals surface area contributed by atoms with Gasteiger partial charge in [0.2, 0.25) is 0 Å². The minimum Gasteiger partial charge on any atom is -0.468 e. The monoisotopic (exact) mass is 330 g/mol. The van der Waals surface area contributed by atoms with Crippen LogP contribution in [0.3, 0.4) is 0 Å². The highest BCUT2D eigenvalue weighted by Gasteiger charge is 2.32. The Hall–Kier alpha value is -1.34. The van der Waals surface area contributed by atoms with Gasteiger partial charge in [-0.05, 0) is 41.0 Å². The maximum absolute atomic E-state index is 12.3. The largest absolute Gasteiger partial charge is 0.468 e. The van der Waals surface area contributed by atoms with E-state index in [1.807, 2.05) is 27.7 Å². The molecule has 0 aromatic rings. The summed E-state index contributed by atoms with van der Waals surface area (Å²) in [4.78, 5) is 25.5. The number of carbonyl (C=O) groups excluding carboxylic acids is 2. The lowest BCUT2D eigenvalue weighted by Gasteiger charge is -2.38. The predicted molar refractivity (Wildman–Crippen MR) is 86.2 cm³/mol. The van der Waals surface area contributed by atoms with Crippen molar-refractivity contribution < 1.29 is 23.8 Å². The van der Waals surface area contributed by atoms with Gasteiger partial charge in [-0.15, -0.1) is 0 Å². The van der Waals surface area contributed by atoms with Crippen molar-refractivity contribution in [1.29, 1.82) is 0 Å². The van der Waals surface area contributed by atoms with Crippen LogP contribution in [0.25, 0.3) is 0 Å². The molecule has 2 unspecified atom stereocenters. The van der Waals surface area contributed by atoms with Crippen LogP contribution in [0.4, 0.5) is 4.79 Å². The highest BCUT2D eigenvalue weighted by Crippen LogP contribution is 2.17. The molecule has 0 aliphatic carbocycles. The molecule has 1 saturated heterocycles. The molecule has 134 valence electrons. The summed E-state index contributed by atoms with van der Waals surface area (Å²) >= 11 is 0. The molecule has 7 nitrogen and oxygen atoms in total. The molecule has 0 aromatic heterocycles. The average Bonchev–Trinajstić information content (AvgIpc) is 2.44. The van der Waals surface area contributed by atoms with Crippen molar-refractivity contribution in [3.8, 4) is 0 Å². The number of nitrogens with zero attached hydrogens (tertiary/aromatic N) is 1. The topological polar surface area (TPSA) is 77.1 Å². The third-order valence-electron chi connectivity index (χ3n) is 3.57. The second-order valence-electron chi connectivity index (χ2n) is 6.95. The van der Waals surface area contributed by atoms with Gasteiger partial charge >= 0.3 is 12.1 Å². The zero-order valence-corrected chi connectivity index (χ0v) is 15.0. The van der Waals surface area contributed by atoms with Gasteiger partial charge in [0, 0.05) is 12.6 Å². The van der Waals surface area contributed by atoms with Crippen LogP contribution in [-0.4, -0.2) is 67.6 Å². The van der Waals surface area contributed by atoms with Crippen LogP contribution in [0.2, 0.25) is 0 Å². The molecule has 0 spiro atoms. The van der Waals surface area contributed by atoms with Crippen molar-refractivity contribution >= 4 is 12.1 Å². The summed E-state index contributed by atoms with van der Waals surface area (Å²) in [6.45, 7) is 10.8. The highest BCUT2D eigenvalue weighted by molar-refractivity contribution is 5.75. The summed E-state index contributed by atoms with van der Waals surface area (Å²) in [5, 5.41) is 3.18. The van der Waals surface area contributed by atoms with E-state index in [9.17, 15) is 9.59 Å². The Labute approximate surface area is 138 Å². The molecule has 23 heavy (non-hydrogen) atoms.